The number of alkyl halides is 2. The average Bonchev–Trinajstić information content (AvgIpc) is 2.99. The van der Waals surface area contributed by atoms with Crippen molar-refractivity contribution in [2.75, 3.05) is 33.9 Å². The summed E-state index contributed by atoms with van der Waals surface area (Å²) in [7, 11) is -0.424. The predicted molar refractivity (Wildman–Crippen MR) is 109 cm³/mol. The van der Waals surface area contributed by atoms with E-state index in [-0.39, 0.29) is 28.1 Å². The number of rotatable bonds is 8. The van der Waals surface area contributed by atoms with Crippen LogP contribution in [0.3, 0.4) is 0 Å². The van der Waals surface area contributed by atoms with Crippen LogP contribution in [0.5, 0.6) is 5.75 Å². The fraction of sp³-hybridized carbons (Fsp3) is 0.714. The monoisotopic (exact) mass is 460 g/mol. The Morgan fingerprint density at radius 2 is 1.65 bits per heavy atom. The lowest BCUT2D eigenvalue weighted by Gasteiger charge is -2.57. The van der Waals surface area contributed by atoms with Crippen molar-refractivity contribution in [1.29, 1.82) is 0 Å². The van der Waals surface area contributed by atoms with Crippen LogP contribution in [0.4, 0.5) is 8.78 Å². The highest BCUT2D eigenvalue weighted by Gasteiger charge is 2.57. The van der Waals surface area contributed by atoms with E-state index in [0.29, 0.717) is 6.54 Å². The molecule has 0 amide bonds. The van der Waals surface area contributed by atoms with Crippen molar-refractivity contribution in [1.82, 2.24) is 9.21 Å². The molecule has 1 aromatic rings. The molecule has 10 heteroatoms. The highest BCUT2D eigenvalue weighted by molar-refractivity contribution is 7.89. The summed E-state index contributed by atoms with van der Waals surface area (Å²) in [5.41, 5.74) is 0.134. The summed E-state index contributed by atoms with van der Waals surface area (Å²) < 4.78 is 68.3. The highest BCUT2D eigenvalue weighted by atomic mass is 32.2. The number of fused-ring (bicyclic) bond motifs is 2. The molecule has 174 valence electrons. The third-order valence-electron chi connectivity index (χ3n) is 7.01. The zero-order chi connectivity index (χ0) is 22.4. The van der Waals surface area contributed by atoms with Gasteiger partial charge in [-0.15, -0.1) is 0 Å². The summed E-state index contributed by atoms with van der Waals surface area (Å²) in [5, 5.41) is 0. The molecule has 2 bridgehead atoms. The molecule has 3 heterocycles. The molecule has 1 aromatic carbocycles. The quantitative estimate of drug-likeness (QED) is 0.556. The number of hydrogen-bond acceptors (Lipinski definition) is 6. The van der Waals surface area contributed by atoms with Gasteiger partial charge in [0.1, 0.15) is 5.75 Å². The van der Waals surface area contributed by atoms with Gasteiger partial charge in [-0.05, 0) is 62.3 Å². The lowest BCUT2D eigenvalue weighted by atomic mass is 9.69. The molecule has 3 fully saturated rings. The summed E-state index contributed by atoms with van der Waals surface area (Å²) in [6, 6.07) is 5.19. The van der Waals surface area contributed by atoms with Crippen LogP contribution < -0.4 is 4.74 Å². The molecular weight excluding hydrogens is 430 g/mol. The van der Waals surface area contributed by atoms with Crippen molar-refractivity contribution in [3.63, 3.8) is 0 Å². The van der Waals surface area contributed by atoms with Gasteiger partial charge in [-0.3, -0.25) is 4.90 Å². The van der Waals surface area contributed by atoms with Gasteiger partial charge in [0.25, 0.3) is 0 Å². The second-order valence-corrected chi connectivity index (χ2v) is 11.0. The molecule has 3 aliphatic rings. The van der Waals surface area contributed by atoms with Crippen molar-refractivity contribution in [3.05, 3.63) is 24.3 Å². The number of hydrogen-bond donors (Lipinski definition) is 0. The summed E-state index contributed by atoms with van der Waals surface area (Å²) >= 11 is 0. The van der Waals surface area contributed by atoms with Gasteiger partial charge in [-0.25, -0.2) is 8.42 Å². The fourth-order valence-corrected chi connectivity index (χ4v) is 7.47. The number of halogens is 2. The lowest BCUT2D eigenvalue weighted by Crippen LogP contribution is -2.65. The molecular formula is C21H30F2N2O5S. The van der Waals surface area contributed by atoms with E-state index in [4.69, 9.17) is 9.47 Å². The largest absolute Gasteiger partial charge is 0.435 e. The van der Waals surface area contributed by atoms with E-state index in [9.17, 15) is 17.2 Å². The van der Waals surface area contributed by atoms with E-state index in [1.165, 1.54) is 24.3 Å². The van der Waals surface area contributed by atoms with Gasteiger partial charge < -0.3 is 14.2 Å². The van der Waals surface area contributed by atoms with Crippen LogP contribution in [0.15, 0.2) is 29.2 Å². The number of ether oxygens (including phenoxy) is 3. The Morgan fingerprint density at radius 1 is 1.10 bits per heavy atom. The van der Waals surface area contributed by atoms with Gasteiger partial charge in [0.15, 0.2) is 5.79 Å². The Balaban J connectivity index is 1.43. The van der Waals surface area contributed by atoms with Crippen LogP contribution in [-0.2, 0) is 19.5 Å². The Hall–Kier alpha value is -1.33. The number of sulfonamides is 1. The lowest BCUT2D eigenvalue weighted by molar-refractivity contribution is -0.219. The van der Waals surface area contributed by atoms with Gasteiger partial charge in [-0.1, -0.05) is 0 Å². The molecule has 2 atom stereocenters. The second-order valence-electron chi connectivity index (χ2n) is 9.17. The zero-order valence-electron chi connectivity index (χ0n) is 18.1. The van der Waals surface area contributed by atoms with E-state index < -0.39 is 22.4 Å². The van der Waals surface area contributed by atoms with Gasteiger partial charge >= 0.3 is 6.61 Å². The van der Waals surface area contributed by atoms with Gasteiger partial charge in [-0.2, -0.15) is 13.1 Å². The van der Waals surface area contributed by atoms with Crippen LogP contribution in [0, 0.1) is 5.41 Å². The van der Waals surface area contributed by atoms with Crippen molar-refractivity contribution in [3.8, 4) is 5.75 Å². The Kier molecular flexibility index (Phi) is 6.06. The second kappa shape index (κ2) is 8.22. The molecule has 1 spiro atoms. The van der Waals surface area contributed by atoms with E-state index >= 15 is 0 Å². The maximum absolute atomic E-state index is 13.3. The van der Waals surface area contributed by atoms with Crippen molar-refractivity contribution >= 4 is 10.0 Å². The zero-order valence-corrected chi connectivity index (χ0v) is 18.9. The minimum Gasteiger partial charge on any atom is -0.435 e. The molecule has 0 N–H and O–H groups in total. The van der Waals surface area contributed by atoms with Crippen molar-refractivity contribution < 1.29 is 31.4 Å². The molecule has 2 unspecified atom stereocenters. The maximum atomic E-state index is 13.3. The number of piperidine rings is 1. The van der Waals surface area contributed by atoms with E-state index in [2.05, 4.69) is 9.64 Å². The van der Waals surface area contributed by atoms with Crippen LogP contribution >= 0.6 is 0 Å². The fourth-order valence-electron chi connectivity index (χ4n) is 5.60. The predicted octanol–water partition coefficient (Wildman–Crippen LogP) is 2.91. The van der Waals surface area contributed by atoms with E-state index in [1.54, 1.807) is 18.5 Å². The number of benzene rings is 1. The first-order valence-corrected chi connectivity index (χ1v) is 11.9. The third-order valence-corrected chi connectivity index (χ3v) is 9.03. The van der Waals surface area contributed by atoms with Crippen molar-refractivity contribution in [2.45, 2.75) is 62.0 Å². The van der Waals surface area contributed by atoms with Gasteiger partial charge in [0.05, 0.1) is 11.4 Å². The van der Waals surface area contributed by atoms with Gasteiger partial charge in [0, 0.05) is 39.4 Å². The molecule has 31 heavy (non-hydrogen) atoms. The summed E-state index contributed by atoms with van der Waals surface area (Å²) in [6.07, 6.45) is 3.38. The SMILES string of the molecule is COC(C)(CN1CC2(CC3CCC(C2)N3S(=O)(=O)c2ccc(OC(F)F)cc2)C1)OC. The molecule has 4 rings (SSSR count). The summed E-state index contributed by atoms with van der Waals surface area (Å²) in [6.45, 7) is 1.47. The Bertz CT molecular complexity index is 870. The van der Waals surface area contributed by atoms with Gasteiger partial charge in [0.2, 0.25) is 10.0 Å². The normalized spacial score (nSPS) is 26.4. The summed E-state index contributed by atoms with van der Waals surface area (Å²) in [5.74, 6) is -0.701. The smallest absolute Gasteiger partial charge is 0.387 e. The average molecular weight is 461 g/mol. The number of likely N-dealkylation sites (tertiary alicyclic amines) is 1. The minimum absolute atomic E-state index is 0.0286. The number of nitrogens with zero attached hydrogens (tertiary/aromatic N) is 2. The molecule has 0 saturated carbocycles. The van der Waals surface area contributed by atoms with Crippen LogP contribution in [-0.4, -0.2) is 76.0 Å². The van der Waals surface area contributed by atoms with E-state index in [0.717, 1.165) is 38.8 Å². The standard InChI is InChI=1S/C21H30F2N2O5S/c1-20(28-2,29-3)12-24-13-21(14-24)10-15-4-5-16(11-21)25(15)31(26,27)18-8-6-17(7-9-18)30-19(22)23/h6-9,15-16,19H,4-5,10-14H2,1-3H3. The third kappa shape index (κ3) is 4.32. The highest BCUT2D eigenvalue weighted by Crippen LogP contribution is 2.52. The molecule has 0 aromatic heterocycles. The maximum Gasteiger partial charge on any atom is 0.387 e. The topological polar surface area (TPSA) is 68.3 Å². The van der Waals surface area contributed by atoms with E-state index in [1.807, 2.05) is 6.92 Å². The molecule has 3 aliphatic heterocycles. The number of methoxy groups -OCH3 is 2. The van der Waals surface area contributed by atoms with Crippen molar-refractivity contribution in [2.24, 2.45) is 5.41 Å². The minimum atomic E-state index is -3.69. The van der Waals surface area contributed by atoms with Crippen LogP contribution in [0.2, 0.25) is 0 Å². The first-order valence-electron chi connectivity index (χ1n) is 10.5. The van der Waals surface area contributed by atoms with Crippen LogP contribution in [0.25, 0.3) is 0 Å². The van der Waals surface area contributed by atoms with Crippen LogP contribution in [0.1, 0.15) is 32.6 Å². The summed E-state index contributed by atoms with van der Waals surface area (Å²) in [4.78, 5) is 2.42. The first kappa shape index (κ1) is 22.8. The Morgan fingerprint density at radius 3 is 2.13 bits per heavy atom. The first-order chi connectivity index (χ1) is 14.6. The molecule has 3 saturated heterocycles. The Labute approximate surface area is 182 Å². The molecule has 7 nitrogen and oxygen atoms in total. The molecule has 0 radical (unpaired) electrons. The molecule has 0 aliphatic carbocycles.